The highest BCUT2D eigenvalue weighted by Gasteiger charge is 2.33. The fourth-order valence-electron chi connectivity index (χ4n) is 4.10. The van der Waals surface area contributed by atoms with Crippen LogP contribution in [0, 0.1) is 11.7 Å². The van der Waals surface area contributed by atoms with Gasteiger partial charge >= 0.3 is 5.97 Å². The Bertz CT molecular complexity index is 1520. The fraction of sp³-hybridized carbons (Fsp3) is 0.321. The van der Waals surface area contributed by atoms with Crippen LogP contribution in [0.1, 0.15) is 44.4 Å². The van der Waals surface area contributed by atoms with E-state index in [9.17, 15) is 14.0 Å². The number of methoxy groups -OCH3 is 2. The molecule has 37 heavy (non-hydrogen) atoms. The number of hydrogen-bond donors (Lipinski definition) is 0. The van der Waals surface area contributed by atoms with Crippen LogP contribution in [0.5, 0.6) is 11.5 Å². The van der Waals surface area contributed by atoms with Crippen LogP contribution in [0.3, 0.4) is 0 Å². The molecule has 9 heteroatoms. The van der Waals surface area contributed by atoms with E-state index in [0.717, 1.165) is 6.42 Å². The van der Waals surface area contributed by atoms with Crippen molar-refractivity contribution in [2.24, 2.45) is 10.9 Å². The molecule has 4 rings (SSSR count). The van der Waals surface area contributed by atoms with Crippen molar-refractivity contribution in [2.75, 3.05) is 20.8 Å². The smallest absolute Gasteiger partial charge is 0.338 e. The lowest BCUT2D eigenvalue weighted by molar-refractivity contribution is -0.136. The summed E-state index contributed by atoms with van der Waals surface area (Å²) in [6.07, 6.45) is 2.58. The normalized spacial score (nSPS) is 15.4. The summed E-state index contributed by atoms with van der Waals surface area (Å²) < 4.78 is 31.8. The van der Waals surface area contributed by atoms with E-state index in [2.05, 4.69) is 18.8 Å². The predicted octanol–water partition coefficient (Wildman–Crippen LogP) is 3.98. The molecule has 0 saturated heterocycles. The summed E-state index contributed by atoms with van der Waals surface area (Å²) in [7, 11) is 2.84. The predicted molar refractivity (Wildman–Crippen MR) is 140 cm³/mol. The summed E-state index contributed by atoms with van der Waals surface area (Å²) in [5.74, 6) is 0.638. The van der Waals surface area contributed by atoms with Crippen molar-refractivity contribution in [3.05, 3.63) is 90.4 Å². The highest BCUT2D eigenvalue weighted by atomic mass is 32.1. The molecule has 0 saturated carbocycles. The van der Waals surface area contributed by atoms with Gasteiger partial charge in [0.25, 0.3) is 5.56 Å². The number of thiazole rings is 1. The first-order valence-electron chi connectivity index (χ1n) is 11.9. The third-order valence-corrected chi connectivity index (χ3v) is 7.03. The Labute approximate surface area is 218 Å². The number of benzene rings is 2. The SMILES string of the molecule is COC(=O)C1=C(C)N=c2s/c(=C\c3ccc(F)cc3)c(=O)n2C1c1ccc(OCCC(C)C)c(OC)c1. The number of fused-ring (bicyclic) bond motifs is 1. The average molecular weight is 525 g/mol. The van der Waals surface area contributed by atoms with Gasteiger partial charge in [0.05, 0.1) is 42.7 Å². The summed E-state index contributed by atoms with van der Waals surface area (Å²) in [6, 6.07) is 10.5. The van der Waals surface area contributed by atoms with E-state index >= 15 is 0 Å². The average Bonchev–Trinajstić information content (AvgIpc) is 3.18. The Morgan fingerprint density at radius 3 is 2.54 bits per heavy atom. The van der Waals surface area contributed by atoms with Gasteiger partial charge in [-0.1, -0.05) is 43.4 Å². The molecular weight excluding hydrogens is 495 g/mol. The fourth-order valence-corrected chi connectivity index (χ4v) is 5.14. The summed E-state index contributed by atoms with van der Waals surface area (Å²) in [5.41, 5.74) is 1.73. The Morgan fingerprint density at radius 1 is 1.16 bits per heavy atom. The lowest BCUT2D eigenvalue weighted by Gasteiger charge is -2.25. The van der Waals surface area contributed by atoms with Gasteiger partial charge in [0.1, 0.15) is 5.82 Å². The van der Waals surface area contributed by atoms with Crippen LogP contribution in [-0.4, -0.2) is 31.4 Å². The molecule has 0 spiro atoms. The van der Waals surface area contributed by atoms with Crippen molar-refractivity contribution in [1.29, 1.82) is 0 Å². The largest absolute Gasteiger partial charge is 0.493 e. The monoisotopic (exact) mass is 524 g/mol. The molecule has 1 atom stereocenters. The highest BCUT2D eigenvalue weighted by Crippen LogP contribution is 2.36. The third kappa shape index (κ3) is 5.51. The topological polar surface area (TPSA) is 79.1 Å². The molecule has 1 aromatic heterocycles. The molecule has 1 aliphatic rings. The second-order valence-electron chi connectivity index (χ2n) is 9.07. The Kier molecular flexibility index (Phi) is 7.92. The minimum atomic E-state index is -0.780. The molecule has 0 bridgehead atoms. The van der Waals surface area contributed by atoms with Gasteiger partial charge in [0, 0.05) is 0 Å². The number of esters is 1. The number of halogens is 1. The van der Waals surface area contributed by atoms with Crippen molar-refractivity contribution in [3.8, 4) is 11.5 Å². The first kappa shape index (κ1) is 26.3. The number of carbonyl (C=O) groups excluding carboxylic acids is 1. The van der Waals surface area contributed by atoms with Crippen LogP contribution >= 0.6 is 11.3 Å². The standard InChI is InChI=1S/C28H29FN2O5S/c1-16(2)12-13-36-21-11-8-19(15-22(21)34-4)25-24(27(33)35-5)17(3)30-28-31(25)26(32)23(37-28)14-18-6-9-20(29)10-7-18/h6-11,14-16,25H,12-13H2,1-5H3/b23-14-. The quantitative estimate of drug-likeness (QED) is 0.417. The molecule has 0 N–H and O–H groups in total. The molecule has 0 aliphatic carbocycles. The summed E-state index contributed by atoms with van der Waals surface area (Å²) in [5, 5.41) is 0. The van der Waals surface area contributed by atoms with Crippen molar-refractivity contribution >= 4 is 23.4 Å². The number of ether oxygens (including phenoxy) is 3. The molecular formula is C28H29FN2O5S. The lowest BCUT2D eigenvalue weighted by Crippen LogP contribution is -2.39. The van der Waals surface area contributed by atoms with Crippen molar-refractivity contribution in [3.63, 3.8) is 0 Å². The van der Waals surface area contributed by atoms with Crippen LogP contribution in [0.4, 0.5) is 4.39 Å². The van der Waals surface area contributed by atoms with Crippen molar-refractivity contribution in [2.45, 2.75) is 33.2 Å². The zero-order valence-electron chi connectivity index (χ0n) is 21.4. The van der Waals surface area contributed by atoms with Gasteiger partial charge in [-0.05, 0) is 60.7 Å². The maximum absolute atomic E-state index is 13.6. The zero-order chi connectivity index (χ0) is 26.7. The number of rotatable bonds is 8. The molecule has 1 aliphatic heterocycles. The molecule has 194 valence electrons. The van der Waals surface area contributed by atoms with E-state index in [1.165, 1.54) is 35.1 Å². The Morgan fingerprint density at radius 2 is 1.89 bits per heavy atom. The number of aromatic nitrogens is 1. The van der Waals surface area contributed by atoms with E-state index < -0.39 is 12.0 Å². The van der Waals surface area contributed by atoms with Gasteiger partial charge in [-0.3, -0.25) is 9.36 Å². The second kappa shape index (κ2) is 11.1. The summed E-state index contributed by atoms with van der Waals surface area (Å²) >= 11 is 1.20. The maximum Gasteiger partial charge on any atom is 0.338 e. The molecule has 0 fully saturated rings. The minimum Gasteiger partial charge on any atom is -0.493 e. The Balaban J connectivity index is 1.86. The van der Waals surface area contributed by atoms with Crippen LogP contribution in [0.15, 0.2) is 63.5 Å². The van der Waals surface area contributed by atoms with E-state index in [4.69, 9.17) is 14.2 Å². The summed E-state index contributed by atoms with van der Waals surface area (Å²) in [6.45, 7) is 6.51. The van der Waals surface area contributed by atoms with Crippen molar-refractivity contribution < 1.29 is 23.4 Å². The first-order chi connectivity index (χ1) is 17.7. The number of hydrogen-bond acceptors (Lipinski definition) is 7. The molecule has 1 unspecified atom stereocenters. The maximum atomic E-state index is 13.6. The van der Waals surface area contributed by atoms with E-state index in [1.807, 2.05) is 6.07 Å². The number of allylic oxidation sites excluding steroid dienone is 1. The molecule has 0 radical (unpaired) electrons. The number of carbonyl (C=O) groups is 1. The third-order valence-electron chi connectivity index (χ3n) is 6.05. The molecule has 3 aromatic rings. The van der Waals surface area contributed by atoms with E-state index in [0.29, 0.717) is 50.2 Å². The lowest BCUT2D eigenvalue weighted by atomic mass is 9.95. The Hall–Kier alpha value is -3.72. The van der Waals surface area contributed by atoms with E-state index in [1.54, 1.807) is 44.4 Å². The summed E-state index contributed by atoms with van der Waals surface area (Å²) in [4.78, 5) is 31.5. The molecule has 0 amide bonds. The molecule has 7 nitrogen and oxygen atoms in total. The second-order valence-corrected chi connectivity index (χ2v) is 10.1. The molecule has 2 aromatic carbocycles. The zero-order valence-corrected chi connectivity index (χ0v) is 22.2. The highest BCUT2D eigenvalue weighted by molar-refractivity contribution is 7.07. The minimum absolute atomic E-state index is 0.263. The van der Waals surface area contributed by atoms with Gasteiger partial charge < -0.3 is 14.2 Å². The van der Waals surface area contributed by atoms with Crippen LogP contribution in [0.25, 0.3) is 6.08 Å². The first-order valence-corrected chi connectivity index (χ1v) is 12.7. The van der Waals surface area contributed by atoms with Crippen LogP contribution in [0.2, 0.25) is 0 Å². The van der Waals surface area contributed by atoms with Gasteiger partial charge in [0.2, 0.25) is 0 Å². The van der Waals surface area contributed by atoms with Gasteiger partial charge in [-0.2, -0.15) is 0 Å². The van der Waals surface area contributed by atoms with Gasteiger partial charge in [0.15, 0.2) is 16.3 Å². The van der Waals surface area contributed by atoms with Crippen molar-refractivity contribution in [1.82, 2.24) is 4.57 Å². The van der Waals surface area contributed by atoms with E-state index in [-0.39, 0.29) is 16.9 Å². The van der Waals surface area contributed by atoms with Crippen LogP contribution < -0.4 is 24.4 Å². The van der Waals surface area contributed by atoms with Gasteiger partial charge in [-0.15, -0.1) is 0 Å². The number of nitrogens with zero attached hydrogens (tertiary/aromatic N) is 2. The molecule has 2 heterocycles. The van der Waals surface area contributed by atoms with Crippen LogP contribution in [-0.2, 0) is 9.53 Å². The van der Waals surface area contributed by atoms with Gasteiger partial charge in [-0.25, -0.2) is 14.2 Å².